The maximum atomic E-state index is 12.3. The van der Waals surface area contributed by atoms with Gasteiger partial charge in [-0.05, 0) is 29.6 Å². The number of aromatic carboxylic acids is 1. The van der Waals surface area contributed by atoms with Gasteiger partial charge in [-0.2, -0.15) is 0 Å². The highest BCUT2D eigenvalue weighted by Gasteiger charge is 2.21. The maximum absolute atomic E-state index is 12.3. The first-order valence-electron chi connectivity index (χ1n) is 5.87. The van der Waals surface area contributed by atoms with E-state index in [0.717, 1.165) is 17.4 Å². The molecular formula is C13H11NO6S2. The van der Waals surface area contributed by atoms with Gasteiger partial charge in [0.1, 0.15) is 4.88 Å². The number of thiophene rings is 1. The number of hydrogen-bond donors (Lipinski definition) is 2. The van der Waals surface area contributed by atoms with Gasteiger partial charge >= 0.3 is 11.9 Å². The summed E-state index contributed by atoms with van der Waals surface area (Å²) in [5, 5.41) is 10.4. The lowest BCUT2D eigenvalue weighted by molar-refractivity contribution is 0.0606. The molecule has 0 fully saturated rings. The number of nitrogens with one attached hydrogen (secondary N) is 1. The monoisotopic (exact) mass is 341 g/mol. The van der Waals surface area contributed by atoms with E-state index in [9.17, 15) is 18.0 Å². The Balaban J connectivity index is 2.37. The molecule has 0 aliphatic carbocycles. The highest BCUT2D eigenvalue weighted by molar-refractivity contribution is 7.92. The average molecular weight is 341 g/mol. The van der Waals surface area contributed by atoms with Gasteiger partial charge in [-0.15, -0.1) is 11.3 Å². The molecule has 0 unspecified atom stereocenters. The largest absolute Gasteiger partial charge is 0.478 e. The van der Waals surface area contributed by atoms with Crippen LogP contribution in [0.3, 0.4) is 0 Å². The molecule has 2 rings (SSSR count). The maximum Gasteiger partial charge on any atom is 0.350 e. The summed E-state index contributed by atoms with van der Waals surface area (Å²) in [7, 11) is -2.83. The SMILES string of the molecule is COC(=O)c1sccc1NS(=O)(=O)c1cccc(C(=O)O)c1. The molecule has 0 saturated carbocycles. The van der Waals surface area contributed by atoms with Gasteiger partial charge in [-0.3, -0.25) is 4.72 Å². The van der Waals surface area contributed by atoms with E-state index in [1.54, 1.807) is 0 Å². The van der Waals surface area contributed by atoms with Crippen LogP contribution in [-0.2, 0) is 14.8 Å². The Morgan fingerprint density at radius 2 is 2.00 bits per heavy atom. The van der Waals surface area contributed by atoms with Crippen LogP contribution in [0.4, 0.5) is 5.69 Å². The number of carbonyl (C=O) groups is 2. The van der Waals surface area contributed by atoms with E-state index in [4.69, 9.17) is 5.11 Å². The Morgan fingerprint density at radius 3 is 2.64 bits per heavy atom. The van der Waals surface area contributed by atoms with Crippen LogP contribution in [0.25, 0.3) is 0 Å². The summed E-state index contributed by atoms with van der Waals surface area (Å²) in [4.78, 5) is 22.3. The van der Waals surface area contributed by atoms with Crippen molar-refractivity contribution in [3.05, 3.63) is 46.2 Å². The van der Waals surface area contributed by atoms with Gasteiger partial charge in [0, 0.05) is 0 Å². The lowest BCUT2D eigenvalue weighted by atomic mass is 10.2. The van der Waals surface area contributed by atoms with Gasteiger partial charge in [-0.1, -0.05) is 6.07 Å². The molecule has 116 valence electrons. The van der Waals surface area contributed by atoms with Crippen LogP contribution < -0.4 is 4.72 Å². The Kier molecular flexibility index (Phi) is 4.48. The Morgan fingerprint density at radius 1 is 1.27 bits per heavy atom. The van der Waals surface area contributed by atoms with E-state index in [2.05, 4.69) is 9.46 Å². The zero-order chi connectivity index (χ0) is 16.3. The predicted molar refractivity (Wildman–Crippen MR) is 79.9 cm³/mol. The number of methoxy groups -OCH3 is 1. The molecule has 0 aliphatic heterocycles. The zero-order valence-corrected chi connectivity index (χ0v) is 12.9. The fourth-order valence-corrected chi connectivity index (χ4v) is 3.59. The Bertz CT molecular complexity index is 825. The minimum Gasteiger partial charge on any atom is -0.478 e. The van der Waals surface area contributed by atoms with E-state index in [0.29, 0.717) is 0 Å². The van der Waals surface area contributed by atoms with Crippen LogP contribution in [0.2, 0.25) is 0 Å². The first-order valence-corrected chi connectivity index (χ1v) is 8.23. The molecule has 0 amide bonds. The second-order valence-corrected chi connectivity index (χ2v) is 6.69. The van der Waals surface area contributed by atoms with Crippen molar-refractivity contribution in [1.82, 2.24) is 0 Å². The van der Waals surface area contributed by atoms with Crippen molar-refractivity contribution >= 4 is 39.0 Å². The van der Waals surface area contributed by atoms with Crippen molar-refractivity contribution in [3.8, 4) is 0 Å². The van der Waals surface area contributed by atoms with E-state index in [1.807, 2.05) is 0 Å². The van der Waals surface area contributed by atoms with Gasteiger partial charge in [0.25, 0.3) is 10.0 Å². The topological polar surface area (TPSA) is 110 Å². The average Bonchev–Trinajstić information content (AvgIpc) is 2.94. The smallest absolute Gasteiger partial charge is 0.350 e. The standard InChI is InChI=1S/C13H11NO6S2/c1-20-13(17)11-10(5-6-21-11)14-22(18,19)9-4-2-3-8(7-9)12(15)16/h2-7,14H,1H3,(H,15,16). The van der Waals surface area contributed by atoms with Gasteiger partial charge in [0.2, 0.25) is 0 Å². The van der Waals surface area contributed by atoms with Crippen LogP contribution in [0, 0.1) is 0 Å². The molecule has 1 aromatic heterocycles. The summed E-state index contributed by atoms with van der Waals surface area (Å²) >= 11 is 1.03. The molecule has 0 bridgehead atoms. The van der Waals surface area contributed by atoms with Crippen LogP contribution in [-0.4, -0.2) is 32.6 Å². The lowest BCUT2D eigenvalue weighted by Crippen LogP contribution is -2.15. The molecule has 9 heteroatoms. The summed E-state index contributed by atoms with van der Waals surface area (Å²) in [6.45, 7) is 0. The lowest BCUT2D eigenvalue weighted by Gasteiger charge is -2.08. The van der Waals surface area contributed by atoms with Crippen LogP contribution in [0.5, 0.6) is 0 Å². The summed E-state index contributed by atoms with van der Waals surface area (Å²) in [5.74, 6) is -1.89. The van der Waals surface area contributed by atoms with Gasteiger partial charge in [-0.25, -0.2) is 18.0 Å². The first kappa shape index (κ1) is 16.0. The quantitative estimate of drug-likeness (QED) is 0.805. The van der Waals surface area contributed by atoms with E-state index >= 15 is 0 Å². The number of carboxylic acid groups (broad SMARTS) is 1. The third kappa shape index (κ3) is 3.26. The van der Waals surface area contributed by atoms with Crippen molar-refractivity contribution in [2.75, 3.05) is 11.8 Å². The summed E-state index contributed by atoms with van der Waals surface area (Å²) in [6, 6.07) is 6.34. The number of rotatable bonds is 5. The number of carbonyl (C=O) groups excluding carboxylic acids is 1. The third-order valence-electron chi connectivity index (χ3n) is 2.67. The first-order chi connectivity index (χ1) is 10.3. The molecule has 0 aliphatic rings. The Labute approximate surface area is 130 Å². The number of anilines is 1. The fraction of sp³-hybridized carbons (Fsp3) is 0.0769. The normalized spacial score (nSPS) is 11.0. The summed E-state index contributed by atoms with van der Waals surface area (Å²) < 4.78 is 31.4. The molecule has 7 nitrogen and oxygen atoms in total. The molecule has 1 aromatic carbocycles. The van der Waals surface area contributed by atoms with E-state index in [-0.39, 0.29) is 21.0 Å². The van der Waals surface area contributed by atoms with Gasteiger partial charge in [0.15, 0.2) is 0 Å². The molecule has 22 heavy (non-hydrogen) atoms. The van der Waals surface area contributed by atoms with Gasteiger partial charge < -0.3 is 9.84 Å². The highest BCUT2D eigenvalue weighted by Crippen LogP contribution is 2.26. The van der Waals surface area contributed by atoms with Crippen LogP contribution >= 0.6 is 11.3 Å². The third-order valence-corrected chi connectivity index (χ3v) is 4.93. The van der Waals surface area contributed by atoms with Crippen molar-refractivity contribution in [1.29, 1.82) is 0 Å². The summed E-state index contributed by atoms with van der Waals surface area (Å²) in [6.07, 6.45) is 0. The zero-order valence-electron chi connectivity index (χ0n) is 11.3. The molecule has 0 atom stereocenters. The molecule has 2 N–H and O–H groups in total. The minimum atomic E-state index is -4.02. The molecule has 0 saturated heterocycles. The van der Waals surface area contributed by atoms with Crippen molar-refractivity contribution in [2.24, 2.45) is 0 Å². The predicted octanol–water partition coefficient (Wildman–Crippen LogP) is 2.03. The van der Waals surface area contributed by atoms with Crippen LogP contribution in [0.15, 0.2) is 40.6 Å². The molecule has 0 spiro atoms. The van der Waals surface area contributed by atoms with Crippen molar-refractivity contribution in [3.63, 3.8) is 0 Å². The second kappa shape index (κ2) is 6.16. The Hall–Kier alpha value is -2.39. The highest BCUT2D eigenvalue weighted by atomic mass is 32.2. The molecule has 2 aromatic rings. The molecule has 1 heterocycles. The fourth-order valence-electron chi connectivity index (χ4n) is 1.64. The molecular weight excluding hydrogens is 330 g/mol. The van der Waals surface area contributed by atoms with Crippen molar-refractivity contribution < 1.29 is 27.9 Å². The number of ether oxygens (including phenoxy) is 1. The molecule has 0 radical (unpaired) electrons. The number of hydrogen-bond acceptors (Lipinski definition) is 6. The second-order valence-electron chi connectivity index (χ2n) is 4.09. The summed E-state index contributed by atoms with van der Waals surface area (Å²) in [5.41, 5.74) is -0.0704. The van der Waals surface area contributed by atoms with Gasteiger partial charge in [0.05, 0.1) is 23.3 Å². The number of sulfonamides is 1. The van der Waals surface area contributed by atoms with Crippen LogP contribution in [0.1, 0.15) is 20.0 Å². The number of benzene rings is 1. The van der Waals surface area contributed by atoms with E-state index in [1.165, 1.54) is 36.8 Å². The number of esters is 1. The van der Waals surface area contributed by atoms with Crippen molar-refractivity contribution in [2.45, 2.75) is 4.90 Å². The number of carboxylic acids is 1. The van der Waals surface area contributed by atoms with E-state index < -0.39 is 22.0 Å². The minimum absolute atomic E-state index is 0.0811.